The molecule has 0 saturated heterocycles. The van der Waals surface area contributed by atoms with Crippen LogP contribution in [0.2, 0.25) is 0 Å². The zero-order chi connectivity index (χ0) is 14.0. The fraction of sp³-hybridized carbons (Fsp3) is 0.538. The van der Waals surface area contributed by atoms with Crippen molar-refractivity contribution >= 4 is 15.7 Å². The number of benzene rings is 1. The molecule has 1 aromatic carbocycles. The Morgan fingerprint density at radius 3 is 2.58 bits per heavy atom. The van der Waals surface area contributed by atoms with Crippen molar-refractivity contribution in [2.24, 2.45) is 5.92 Å². The predicted octanol–water partition coefficient (Wildman–Crippen LogP) is 2.26. The summed E-state index contributed by atoms with van der Waals surface area (Å²) in [5.41, 5.74) is 5.25. The maximum atomic E-state index is 13.1. The molecule has 1 unspecified atom stereocenters. The second-order valence-corrected chi connectivity index (χ2v) is 6.85. The standard InChI is InChI=1S/C13H19FN2O2S/c1-9(10-4-2-3-5-10)16-19(17,18)11-6-7-12(14)13(15)8-11/h6-10,16H,2-5,15H2,1H3. The molecule has 0 heterocycles. The number of nitrogen functional groups attached to an aromatic ring is 1. The van der Waals surface area contributed by atoms with Crippen LogP contribution >= 0.6 is 0 Å². The van der Waals surface area contributed by atoms with Gasteiger partial charge in [0.25, 0.3) is 0 Å². The Kier molecular flexibility index (Phi) is 4.10. The maximum absolute atomic E-state index is 13.1. The number of hydrogen-bond acceptors (Lipinski definition) is 3. The van der Waals surface area contributed by atoms with E-state index in [9.17, 15) is 12.8 Å². The molecule has 0 spiro atoms. The SMILES string of the molecule is CC(NS(=O)(=O)c1ccc(F)c(N)c1)C1CCCC1. The first-order valence-corrected chi connectivity index (χ1v) is 7.96. The van der Waals surface area contributed by atoms with Crippen molar-refractivity contribution in [1.82, 2.24) is 4.72 Å². The number of halogens is 1. The first kappa shape index (κ1) is 14.3. The molecule has 0 aliphatic heterocycles. The van der Waals surface area contributed by atoms with E-state index in [2.05, 4.69) is 4.72 Å². The summed E-state index contributed by atoms with van der Waals surface area (Å²) in [4.78, 5) is 0.0104. The van der Waals surface area contributed by atoms with E-state index >= 15 is 0 Å². The monoisotopic (exact) mass is 286 g/mol. The average molecular weight is 286 g/mol. The summed E-state index contributed by atoms with van der Waals surface area (Å²) in [5.74, 6) is -0.227. The van der Waals surface area contributed by atoms with Gasteiger partial charge in [-0.3, -0.25) is 0 Å². The van der Waals surface area contributed by atoms with Gasteiger partial charge in [0.2, 0.25) is 10.0 Å². The lowest BCUT2D eigenvalue weighted by atomic mass is 10.0. The molecule has 6 heteroatoms. The van der Waals surface area contributed by atoms with Gasteiger partial charge in [0.05, 0.1) is 10.6 Å². The van der Waals surface area contributed by atoms with E-state index in [-0.39, 0.29) is 16.6 Å². The molecule has 0 amide bonds. The Bertz CT molecular complexity index is 554. The molecule has 1 aliphatic rings. The van der Waals surface area contributed by atoms with Crippen LogP contribution in [0.4, 0.5) is 10.1 Å². The summed E-state index contributed by atoms with van der Waals surface area (Å²) in [6, 6.07) is 3.34. The summed E-state index contributed by atoms with van der Waals surface area (Å²) in [5, 5.41) is 0. The normalized spacial score (nSPS) is 18.6. The van der Waals surface area contributed by atoms with Gasteiger partial charge in [-0.25, -0.2) is 17.5 Å². The molecule has 1 aromatic rings. The zero-order valence-corrected chi connectivity index (χ0v) is 11.7. The molecule has 1 fully saturated rings. The van der Waals surface area contributed by atoms with Crippen molar-refractivity contribution in [3.63, 3.8) is 0 Å². The van der Waals surface area contributed by atoms with Crippen LogP contribution in [0, 0.1) is 11.7 Å². The van der Waals surface area contributed by atoms with E-state index < -0.39 is 15.8 Å². The van der Waals surface area contributed by atoms with Crippen molar-refractivity contribution in [3.8, 4) is 0 Å². The number of anilines is 1. The molecule has 1 atom stereocenters. The van der Waals surface area contributed by atoms with E-state index in [0.29, 0.717) is 5.92 Å². The zero-order valence-electron chi connectivity index (χ0n) is 10.9. The Hall–Kier alpha value is -1.14. The first-order valence-electron chi connectivity index (χ1n) is 6.47. The lowest BCUT2D eigenvalue weighted by Gasteiger charge is -2.20. The molecule has 0 aromatic heterocycles. The van der Waals surface area contributed by atoms with Gasteiger partial charge in [-0.1, -0.05) is 12.8 Å². The molecule has 19 heavy (non-hydrogen) atoms. The summed E-state index contributed by atoms with van der Waals surface area (Å²) >= 11 is 0. The summed E-state index contributed by atoms with van der Waals surface area (Å²) in [7, 11) is -3.63. The number of hydrogen-bond donors (Lipinski definition) is 2. The van der Waals surface area contributed by atoms with E-state index in [1.807, 2.05) is 6.92 Å². The highest BCUT2D eigenvalue weighted by molar-refractivity contribution is 7.89. The van der Waals surface area contributed by atoms with E-state index in [0.717, 1.165) is 37.8 Å². The van der Waals surface area contributed by atoms with Gasteiger partial charge in [-0.2, -0.15) is 0 Å². The minimum Gasteiger partial charge on any atom is -0.396 e. The van der Waals surface area contributed by atoms with Gasteiger partial charge >= 0.3 is 0 Å². The lowest BCUT2D eigenvalue weighted by Crippen LogP contribution is -2.37. The topological polar surface area (TPSA) is 72.2 Å². The molecule has 106 valence electrons. The molecule has 2 rings (SSSR count). The highest BCUT2D eigenvalue weighted by Crippen LogP contribution is 2.28. The van der Waals surface area contributed by atoms with Crippen molar-refractivity contribution in [2.75, 3.05) is 5.73 Å². The van der Waals surface area contributed by atoms with Crippen LogP contribution in [0.5, 0.6) is 0 Å². The highest BCUT2D eigenvalue weighted by atomic mass is 32.2. The largest absolute Gasteiger partial charge is 0.396 e. The number of nitrogens with two attached hydrogens (primary N) is 1. The van der Waals surface area contributed by atoms with Gasteiger partial charge in [0.15, 0.2) is 0 Å². The number of rotatable bonds is 4. The van der Waals surface area contributed by atoms with E-state index in [1.54, 1.807) is 0 Å². The minimum absolute atomic E-state index is 0.0104. The van der Waals surface area contributed by atoms with Crippen LogP contribution in [0.15, 0.2) is 23.1 Å². The predicted molar refractivity (Wildman–Crippen MR) is 72.6 cm³/mol. The minimum atomic E-state index is -3.63. The Balaban J connectivity index is 2.15. The van der Waals surface area contributed by atoms with E-state index in [4.69, 9.17) is 5.73 Å². The lowest BCUT2D eigenvalue weighted by molar-refractivity contribution is 0.424. The summed E-state index contributed by atoms with van der Waals surface area (Å²) < 4.78 is 40.1. The van der Waals surface area contributed by atoms with Crippen LogP contribution in [0.3, 0.4) is 0 Å². The fourth-order valence-corrected chi connectivity index (χ4v) is 3.90. The smallest absolute Gasteiger partial charge is 0.240 e. The summed E-state index contributed by atoms with van der Waals surface area (Å²) in [6.45, 7) is 1.88. The Morgan fingerprint density at radius 1 is 1.37 bits per heavy atom. The fourth-order valence-electron chi connectivity index (χ4n) is 2.56. The Morgan fingerprint density at radius 2 is 2.00 bits per heavy atom. The quantitative estimate of drug-likeness (QED) is 0.834. The molecular formula is C13H19FN2O2S. The molecule has 0 radical (unpaired) electrons. The highest BCUT2D eigenvalue weighted by Gasteiger charge is 2.26. The molecule has 0 bridgehead atoms. The van der Waals surface area contributed by atoms with Gasteiger partial charge in [-0.05, 0) is 43.9 Å². The molecule has 4 nitrogen and oxygen atoms in total. The van der Waals surface area contributed by atoms with Gasteiger partial charge in [-0.15, -0.1) is 0 Å². The van der Waals surface area contributed by atoms with Crippen molar-refractivity contribution in [2.45, 2.75) is 43.5 Å². The second-order valence-electron chi connectivity index (χ2n) is 5.14. The van der Waals surface area contributed by atoms with Crippen LogP contribution in [-0.4, -0.2) is 14.5 Å². The molecule has 3 N–H and O–H groups in total. The first-order chi connectivity index (χ1) is 8.90. The van der Waals surface area contributed by atoms with Gasteiger partial charge < -0.3 is 5.73 Å². The second kappa shape index (κ2) is 5.46. The van der Waals surface area contributed by atoms with Crippen LogP contribution in [0.25, 0.3) is 0 Å². The van der Waals surface area contributed by atoms with Crippen molar-refractivity contribution in [3.05, 3.63) is 24.0 Å². The van der Waals surface area contributed by atoms with Gasteiger partial charge in [0, 0.05) is 6.04 Å². The number of nitrogens with one attached hydrogen (secondary N) is 1. The number of sulfonamides is 1. The third-order valence-corrected chi connectivity index (χ3v) is 5.28. The third kappa shape index (κ3) is 3.25. The van der Waals surface area contributed by atoms with E-state index in [1.165, 1.54) is 6.07 Å². The maximum Gasteiger partial charge on any atom is 0.240 e. The molecular weight excluding hydrogens is 267 g/mol. The van der Waals surface area contributed by atoms with Crippen LogP contribution in [-0.2, 0) is 10.0 Å². The van der Waals surface area contributed by atoms with Crippen LogP contribution < -0.4 is 10.5 Å². The van der Waals surface area contributed by atoms with Crippen molar-refractivity contribution < 1.29 is 12.8 Å². The molecule has 1 saturated carbocycles. The average Bonchev–Trinajstić information content (AvgIpc) is 2.85. The van der Waals surface area contributed by atoms with Crippen molar-refractivity contribution in [1.29, 1.82) is 0 Å². The summed E-state index contributed by atoms with van der Waals surface area (Å²) in [6.07, 6.45) is 4.41. The van der Waals surface area contributed by atoms with Crippen LogP contribution in [0.1, 0.15) is 32.6 Å². The Labute approximate surface area is 113 Å². The third-order valence-electron chi connectivity index (χ3n) is 3.73. The molecule has 1 aliphatic carbocycles. The van der Waals surface area contributed by atoms with Gasteiger partial charge in [0.1, 0.15) is 5.82 Å².